The van der Waals surface area contributed by atoms with Gasteiger partial charge in [0.2, 0.25) is 0 Å². The number of nitrogens with zero attached hydrogens (tertiary/aromatic N) is 4. The molecule has 2 aliphatic heterocycles. The van der Waals surface area contributed by atoms with E-state index in [1.54, 1.807) is 42.6 Å². The van der Waals surface area contributed by atoms with Gasteiger partial charge in [-0.25, -0.2) is 14.7 Å². The molecule has 40 heavy (non-hydrogen) atoms. The Morgan fingerprint density at radius 1 is 1.05 bits per heavy atom. The first-order valence-corrected chi connectivity index (χ1v) is 15.3. The van der Waals surface area contributed by atoms with E-state index in [1.165, 1.54) is 6.07 Å². The zero-order valence-corrected chi connectivity index (χ0v) is 25.0. The van der Waals surface area contributed by atoms with Gasteiger partial charge in [-0.15, -0.1) is 0 Å². The summed E-state index contributed by atoms with van der Waals surface area (Å²) >= 11 is 6.55. The van der Waals surface area contributed by atoms with Gasteiger partial charge in [0.05, 0.1) is 22.3 Å². The maximum atomic E-state index is 13.6. The molecule has 1 saturated heterocycles. The highest BCUT2D eigenvalue weighted by Crippen LogP contribution is 2.41. The highest BCUT2D eigenvalue weighted by atomic mass is 35.5. The summed E-state index contributed by atoms with van der Waals surface area (Å²) in [4.78, 5) is 29.5. The average molecular weight is 583 g/mol. The van der Waals surface area contributed by atoms with Crippen molar-refractivity contribution in [3.63, 3.8) is 0 Å². The van der Waals surface area contributed by atoms with Crippen LogP contribution in [0.5, 0.6) is 0 Å². The van der Waals surface area contributed by atoms with Gasteiger partial charge < -0.3 is 10.2 Å². The molecule has 1 fully saturated rings. The predicted molar refractivity (Wildman–Crippen MR) is 156 cm³/mol. The number of hydrogen-bond acceptors (Lipinski definition) is 8. The van der Waals surface area contributed by atoms with E-state index in [0.29, 0.717) is 41.2 Å². The quantitative estimate of drug-likeness (QED) is 0.387. The molecule has 3 aromatic rings. The smallest absolute Gasteiger partial charge is 0.281 e. The molecule has 11 heteroatoms. The van der Waals surface area contributed by atoms with Gasteiger partial charge in [-0.3, -0.25) is 9.78 Å². The molecule has 3 aromatic heterocycles. The fraction of sp³-hybridized carbons (Fsp3) is 0.448. The molecule has 212 valence electrons. The van der Waals surface area contributed by atoms with Crippen molar-refractivity contribution in [3.8, 4) is 0 Å². The Morgan fingerprint density at radius 3 is 2.55 bits per heavy atom. The molecular formula is C29H35ClN6O3S. The van der Waals surface area contributed by atoms with E-state index in [2.05, 4.69) is 59.5 Å². The second-order valence-corrected chi connectivity index (χ2v) is 14.3. The normalized spacial score (nSPS) is 22.4. The minimum absolute atomic E-state index is 0.215. The zero-order valence-electron chi connectivity index (χ0n) is 23.4. The van der Waals surface area contributed by atoms with E-state index in [0.717, 1.165) is 18.5 Å². The van der Waals surface area contributed by atoms with Crippen LogP contribution in [0.3, 0.4) is 0 Å². The summed E-state index contributed by atoms with van der Waals surface area (Å²) in [5, 5.41) is 3.61. The molecule has 1 unspecified atom stereocenters. The van der Waals surface area contributed by atoms with Crippen molar-refractivity contribution in [2.45, 2.75) is 75.9 Å². The lowest BCUT2D eigenvalue weighted by atomic mass is 9.90. The summed E-state index contributed by atoms with van der Waals surface area (Å²) in [5.74, 6) is 0.398. The summed E-state index contributed by atoms with van der Waals surface area (Å²) < 4.78 is 28.9. The van der Waals surface area contributed by atoms with Crippen molar-refractivity contribution < 1.29 is 13.2 Å². The third kappa shape index (κ3) is 5.65. The average Bonchev–Trinajstić information content (AvgIpc) is 3.19. The molecule has 0 saturated carbocycles. The van der Waals surface area contributed by atoms with Crippen LogP contribution in [0.2, 0.25) is 5.02 Å². The zero-order chi connectivity index (χ0) is 28.9. The van der Waals surface area contributed by atoms with Crippen LogP contribution < -0.4 is 14.9 Å². The monoisotopic (exact) mass is 582 g/mol. The third-order valence-corrected chi connectivity index (χ3v) is 9.18. The number of carbonyl (C=O) groups excluding carboxylic acids is 1. The molecule has 5 rings (SSSR count). The number of nitrogens with one attached hydrogen (secondary N) is 2. The Morgan fingerprint density at radius 2 is 1.82 bits per heavy atom. The number of pyridine rings is 3. The molecular weight excluding hydrogens is 548 g/mol. The third-order valence-electron chi connectivity index (χ3n) is 7.63. The molecule has 2 aliphatic rings. The van der Waals surface area contributed by atoms with Gasteiger partial charge in [0.15, 0.2) is 5.03 Å². The van der Waals surface area contributed by atoms with Crippen LogP contribution in [0.4, 0.5) is 11.6 Å². The Labute approximate surface area is 240 Å². The summed E-state index contributed by atoms with van der Waals surface area (Å²) in [7, 11) is -4.28. The number of carbonyl (C=O) groups is 1. The first-order chi connectivity index (χ1) is 18.7. The largest absolute Gasteiger partial charge is 0.362 e. The second kappa shape index (κ2) is 10.3. The summed E-state index contributed by atoms with van der Waals surface area (Å²) in [6.07, 6.45) is 4.12. The van der Waals surface area contributed by atoms with Gasteiger partial charge in [-0.2, -0.15) is 8.42 Å². The topological polar surface area (TPSA) is 117 Å². The number of aromatic nitrogens is 3. The van der Waals surface area contributed by atoms with Gasteiger partial charge in [0.1, 0.15) is 11.6 Å². The SMILES string of the molecule is CC(C)(C)c1ccc2c(n1)N1C[C@@H](CCC(c3ncccc3Cl)Nc3cccc(n3)S(=O)(=O)NC2=O)CC1(C)C. The Kier molecular flexibility index (Phi) is 7.29. The number of sulfonamides is 1. The number of fused-ring (bicyclic) bond motifs is 6. The lowest BCUT2D eigenvalue weighted by molar-refractivity contribution is 0.0981. The maximum Gasteiger partial charge on any atom is 0.281 e. The van der Waals surface area contributed by atoms with E-state index >= 15 is 0 Å². The Hall–Kier alpha value is -3.24. The van der Waals surface area contributed by atoms with Crippen molar-refractivity contribution in [2.24, 2.45) is 5.92 Å². The van der Waals surface area contributed by atoms with Crippen LogP contribution in [0, 0.1) is 5.92 Å². The van der Waals surface area contributed by atoms with Crippen LogP contribution in [-0.2, 0) is 15.4 Å². The van der Waals surface area contributed by atoms with E-state index < -0.39 is 15.9 Å². The fourth-order valence-corrected chi connectivity index (χ4v) is 6.78. The predicted octanol–water partition coefficient (Wildman–Crippen LogP) is 5.49. The standard InChI is InChI=1S/C29H35ClN6O3S/c1-28(2,3)22-14-12-19-26(33-22)36-17-18(16-29(36,4)5)11-13-21(25-20(30)8-7-15-31-25)32-23-9-6-10-24(34-23)40(38,39)35-27(19)37/h6-10,12,14-15,18,21H,11,13,16-17H2,1-5H3,(H,32,34)(H,35,37)/t18-,21?/m0/s1. The van der Waals surface area contributed by atoms with E-state index in [1.807, 2.05) is 0 Å². The van der Waals surface area contributed by atoms with E-state index in [4.69, 9.17) is 16.6 Å². The first-order valence-electron chi connectivity index (χ1n) is 13.4. The minimum atomic E-state index is -4.28. The molecule has 1 amide bonds. The molecule has 2 N–H and O–H groups in total. The minimum Gasteiger partial charge on any atom is -0.362 e. The number of amides is 1. The van der Waals surface area contributed by atoms with Crippen LogP contribution in [0.25, 0.3) is 0 Å². The van der Waals surface area contributed by atoms with Crippen LogP contribution in [-0.4, -0.2) is 41.4 Å². The van der Waals surface area contributed by atoms with Crippen LogP contribution >= 0.6 is 11.6 Å². The highest BCUT2D eigenvalue weighted by Gasteiger charge is 2.41. The lowest BCUT2D eigenvalue weighted by Crippen LogP contribution is -2.41. The van der Waals surface area contributed by atoms with Crippen LogP contribution in [0.15, 0.2) is 53.7 Å². The molecule has 5 heterocycles. The van der Waals surface area contributed by atoms with Gasteiger partial charge in [-0.05, 0) is 75.4 Å². The van der Waals surface area contributed by atoms with Gasteiger partial charge in [-0.1, -0.05) is 38.4 Å². The van der Waals surface area contributed by atoms with Crippen molar-refractivity contribution in [2.75, 3.05) is 16.8 Å². The van der Waals surface area contributed by atoms with Gasteiger partial charge in [0, 0.05) is 29.4 Å². The molecule has 4 bridgehead atoms. The number of hydrogen-bond donors (Lipinski definition) is 2. The highest BCUT2D eigenvalue weighted by molar-refractivity contribution is 7.90. The van der Waals surface area contributed by atoms with Gasteiger partial charge >= 0.3 is 0 Å². The van der Waals surface area contributed by atoms with Crippen molar-refractivity contribution in [1.29, 1.82) is 0 Å². The van der Waals surface area contributed by atoms with Gasteiger partial charge in [0.25, 0.3) is 15.9 Å². The fourth-order valence-electron chi connectivity index (χ4n) is 5.59. The summed E-state index contributed by atoms with van der Waals surface area (Å²) in [6.45, 7) is 11.1. The molecule has 9 nitrogen and oxygen atoms in total. The maximum absolute atomic E-state index is 13.6. The first kappa shape index (κ1) is 28.3. The molecule has 0 spiro atoms. The van der Waals surface area contributed by atoms with Crippen molar-refractivity contribution in [3.05, 3.63) is 70.6 Å². The van der Waals surface area contributed by atoms with Crippen molar-refractivity contribution in [1.82, 2.24) is 19.7 Å². The molecule has 0 radical (unpaired) electrons. The number of halogens is 1. The Balaban J connectivity index is 1.64. The molecule has 0 aromatic carbocycles. The number of anilines is 2. The lowest BCUT2D eigenvalue weighted by Gasteiger charge is -2.34. The summed E-state index contributed by atoms with van der Waals surface area (Å²) in [5.41, 5.74) is 1.14. The van der Waals surface area contributed by atoms with Crippen molar-refractivity contribution >= 4 is 39.2 Å². The Bertz CT molecular complexity index is 1550. The molecule has 0 aliphatic carbocycles. The summed E-state index contributed by atoms with van der Waals surface area (Å²) in [6, 6.07) is 11.4. The van der Waals surface area contributed by atoms with E-state index in [9.17, 15) is 13.2 Å². The molecule has 2 atom stereocenters. The van der Waals surface area contributed by atoms with E-state index in [-0.39, 0.29) is 27.6 Å². The number of rotatable bonds is 1. The van der Waals surface area contributed by atoms with Crippen LogP contribution in [0.1, 0.15) is 81.7 Å². The second-order valence-electron chi connectivity index (χ2n) is 12.3.